The van der Waals surface area contributed by atoms with Crippen molar-refractivity contribution in [3.05, 3.63) is 105 Å². The van der Waals surface area contributed by atoms with Gasteiger partial charge in [-0.25, -0.2) is 4.98 Å². The van der Waals surface area contributed by atoms with Crippen molar-refractivity contribution >= 4 is 46.5 Å². The maximum absolute atomic E-state index is 12.1. The van der Waals surface area contributed by atoms with E-state index in [4.69, 9.17) is 28.2 Å². The summed E-state index contributed by atoms with van der Waals surface area (Å²) in [5, 5.41) is 6.98. The van der Waals surface area contributed by atoms with Crippen LogP contribution in [0, 0.1) is 0 Å². The molecule has 0 atom stereocenters. The van der Waals surface area contributed by atoms with Crippen LogP contribution >= 0.6 is 34.5 Å². The first kappa shape index (κ1) is 21.3. The van der Waals surface area contributed by atoms with Gasteiger partial charge in [0.1, 0.15) is 5.01 Å². The molecular weight excluding hydrogens is 447 g/mol. The van der Waals surface area contributed by atoms with E-state index in [0.29, 0.717) is 16.6 Å². The molecule has 0 bridgehead atoms. The molecule has 0 radical (unpaired) electrons. The standard InChI is InChI=1S/C25H18Cl2N2OS/c26-21-12-10-18(22(27)14-21)11-13-24(30)28-15-17-6-8-20(9-7-17)25-29-23(16-31-25)19-4-2-1-3-5-19/h1-14,16H,15H2,(H,28,30)/b13-11+. The van der Waals surface area contributed by atoms with Crippen LogP contribution in [0.15, 0.2) is 84.3 Å². The Balaban J connectivity index is 1.35. The third kappa shape index (κ3) is 5.61. The zero-order valence-electron chi connectivity index (χ0n) is 16.4. The lowest BCUT2D eigenvalue weighted by molar-refractivity contribution is -0.116. The molecule has 1 amide bonds. The topological polar surface area (TPSA) is 42.0 Å². The van der Waals surface area contributed by atoms with Crippen molar-refractivity contribution in [2.75, 3.05) is 0 Å². The average molecular weight is 465 g/mol. The first-order valence-electron chi connectivity index (χ1n) is 9.60. The van der Waals surface area contributed by atoms with Crippen LogP contribution in [0.4, 0.5) is 0 Å². The highest BCUT2D eigenvalue weighted by molar-refractivity contribution is 7.13. The number of nitrogens with zero attached hydrogens (tertiary/aromatic N) is 1. The molecule has 3 aromatic carbocycles. The highest BCUT2D eigenvalue weighted by atomic mass is 35.5. The minimum absolute atomic E-state index is 0.192. The van der Waals surface area contributed by atoms with E-state index < -0.39 is 0 Å². The number of amides is 1. The molecule has 0 fully saturated rings. The van der Waals surface area contributed by atoms with Gasteiger partial charge in [-0.15, -0.1) is 11.3 Å². The van der Waals surface area contributed by atoms with Crippen LogP contribution in [0.25, 0.3) is 27.9 Å². The molecule has 4 rings (SSSR count). The van der Waals surface area contributed by atoms with Crippen molar-refractivity contribution in [2.45, 2.75) is 6.54 Å². The van der Waals surface area contributed by atoms with E-state index in [1.54, 1.807) is 35.6 Å². The van der Waals surface area contributed by atoms with E-state index in [0.717, 1.165) is 33.0 Å². The Morgan fingerprint density at radius 1 is 0.968 bits per heavy atom. The summed E-state index contributed by atoms with van der Waals surface area (Å²) in [6.45, 7) is 0.435. The molecule has 0 spiro atoms. The summed E-state index contributed by atoms with van der Waals surface area (Å²) in [5.41, 5.74) is 4.89. The first-order chi connectivity index (χ1) is 15.1. The lowest BCUT2D eigenvalue weighted by Gasteiger charge is -2.04. The molecule has 0 unspecified atom stereocenters. The van der Waals surface area contributed by atoms with Crippen LogP contribution in [0.5, 0.6) is 0 Å². The Bertz CT molecular complexity index is 1220. The molecule has 6 heteroatoms. The van der Waals surface area contributed by atoms with Crippen molar-refractivity contribution < 1.29 is 4.79 Å². The monoisotopic (exact) mass is 464 g/mol. The Morgan fingerprint density at radius 3 is 2.48 bits per heavy atom. The van der Waals surface area contributed by atoms with E-state index in [1.807, 2.05) is 42.5 Å². The molecule has 4 aromatic rings. The second-order valence-corrected chi connectivity index (χ2v) is 8.52. The third-order valence-corrected chi connectivity index (χ3v) is 6.07. The third-order valence-electron chi connectivity index (χ3n) is 4.62. The van der Waals surface area contributed by atoms with Crippen molar-refractivity contribution in [1.82, 2.24) is 10.3 Å². The molecular formula is C25H18Cl2N2OS. The van der Waals surface area contributed by atoms with Crippen LogP contribution in [0.1, 0.15) is 11.1 Å². The van der Waals surface area contributed by atoms with Crippen LogP contribution in [-0.4, -0.2) is 10.9 Å². The SMILES string of the molecule is O=C(/C=C/c1ccc(Cl)cc1Cl)NCc1ccc(-c2nc(-c3ccccc3)cs2)cc1. The number of carbonyl (C=O) groups is 1. The lowest BCUT2D eigenvalue weighted by atomic mass is 10.1. The van der Waals surface area contributed by atoms with Gasteiger partial charge in [-0.1, -0.05) is 83.9 Å². The summed E-state index contributed by atoms with van der Waals surface area (Å²) < 4.78 is 0. The minimum atomic E-state index is -0.192. The fourth-order valence-electron chi connectivity index (χ4n) is 2.96. The maximum Gasteiger partial charge on any atom is 0.244 e. The number of thiazole rings is 1. The van der Waals surface area contributed by atoms with E-state index in [1.165, 1.54) is 6.08 Å². The number of benzene rings is 3. The number of hydrogen-bond donors (Lipinski definition) is 1. The van der Waals surface area contributed by atoms with Gasteiger partial charge in [0.15, 0.2) is 0 Å². The Labute approximate surface area is 195 Å². The number of nitrogens with one attached hydrogen (secondary N) is 1. The van der Waals surface area contributed by atoms with E-state index in [-0.39, 0.29) is 5.91 Å². The summed E-state index contributed by atoms with van der Waals surface area (Å²) in [6.07, 6.45) is 3.13. The predicted octanol–water partition coefficient (Wildman–Crippen LogP) is 7.11. The van der Waals surface area contributed by atoms with Crippen molar-refractivity contribution in [3.8, 4) is 21.8 Å². The molecule has 1 N–H and O–H groups in total. The van der Waals surface area contributed by atoms with E-state index in [2.05, 4.69) is 22.8 Å². The van der Waals surface area contributed by atoms with E-state index in [9.17, 15) is 4.79 Å². The van der Waals surface area contributed by atoms with Gasteiger partial charge < -0.3 is 5.32 Å². The van der Waals surface area contributed by atoms with Crippen molar-refractivity contribution in [1.29, 1.82) is 0 Å². The van der Waals surface area contributed by atoms with Gasteiger partial charge in [0.2, 0.25) is 5.91 Å². The van der Waals surface area contributed by atoms with Gasteiger partial charge in [-0.3, -0.25) is 4.79 Å². The van der Waals surface area contributed by atoms with Gasteiger partial charge in [0.05, 0.1) is 5.69 Å². The Morgan fingerprint density at radius 2 is 1.74 bits per heavy atom. The zero-order valence-corrected chi connectivity index (χ0v) is 18.7. The van der Waals surface area contributed by atoms with Gasteiger partial charge in [-0.2, -0.15) is 0 Å². The Hall–Kier alpha value is -2.92. The van der Waals surface area contributed by atoms with Crippen molar-refractivity contribution in [2.24, 2.45) is 0 Å². The summed E-state index contributed by atoms with van der Waals surface area (Å²) in [7, 11) is 0. The molecule has 3 nitrogen and oxygen atoms in total. The fraction of sp³-hybridized carbons (Fsp3) is 0.0400. The van der Waals surface area contributed by atoms with Crippen LogP contribution in [0.3, 0.4) is 0 Å². The number of rotatable bonds is 6. The fourth-order valence-corrected chi connectivity index (χ4v) is 4.27. The normalized spacial score (nSPS) is 11.0. The molecule has 0 saturated carbocycles. The molecule has 0 saturated heterocycles. The highest BCUT2D eigenvalue weighted by Gasteiger charge is 2.07. The predicted molar refractivity (Wildman–Crippen MR) is 130 cm³/mol. The molecule has 31 heavy (non-hydrogen) atoms. The second-order valence-electron chi connectivity index (χ2n) is 6.82. The van der Waals surface area contributed by atoms with Crippen molar-refractivity contribution in [3.63, 3.8) is 0 Å². The Kier molecular flexibility index (Phi) is 6.82. The van der Waals surface area contributed by atoms with Crippen LogP contribution in [0.2, 0.25) is 10.0 Å². The molecule has 1 heterocycles. The van der Waals surface area contributed by atoms with Gasteiger partial charge in [0.25, 0.3) is 0 Å². The maximum atomic E-state index is 12.1. The number of carbonyl (C=O) groups excluding carboxylic acids is 1. The number of hydrogen-bond acceptors (Lipinski definition) is 3. The van der Waals surface area contributed by atoms with Gasteiger partial charge in [0, 0.05) is 39.2 Å². The van der Waals surface area contributed by atoms with E-state index >= 15 is 0 Å². The summed E-state index contributed by atoms with van der Waals surface area (Å²) in [4.78, 5) is 16.9. The van der Waals surface area contributed by atoms with Gasteiger partial charge in [-0.05, 0) is 29.3 Å². The average Bonchev–Trinajstić information content (AvgIpc) is 3.28. The molecule has 0 aliphatic heterocycles. The molecule has 0 aliphatic rings. The summed E-state index contributed by atoms with van der Waals surface area (Å²) in [6, 6.07) is 23.3. The zero-order chi connectivity index (χ0) is 21.6. The van der Waals surface area contributed by atoms with Crippen LogP contribution in [-0.2, 0) is 11.3 Å². The quantitative estimate of drug-likeness (QED) is 0.308. The smallest absolute Gasteiger partial charge is 0.244 e. The second kappa shape index (κ2) is 9.92. The molecule has 154 valence electrons. The van der Waals surface area contributed by atoms with Crippen LogP contribution < -0.4 is 5.32 Å². The largest absolute Gasteiger partial charge is 0.348 e. The summed E-state index contributed by atoms with van der Waals surface area (Å²) in [5.74, 6) is -0.192. The molecule has 1 aromatic heterocycles. The highest BCUT2D eigenvalue weighted by Crippen LogP contribution is 2.29. The number of halogens is 2. The number of aromatic nitrogens is 1. The van der Waals surface area contributed by atoms with Gasteiger partial charge >= 0.3 is 0 Å². The molecule has 0 aliphatic carbocycles. The first-order valence-corrected chi connectivity index (χ1v) is 11.2. The minimum Gasteiger partial charge on any atom is -0.348 e. The summed E-state index contributed by atoms with van der Waals surface area (Å²) >= 11 is 13.6. The lowest BCUT2D eigenvalue weighted by Crippen LogP contribution is -2.20.